The number of thiophene rings is 1. The van der Waals surface area contributed by atoms with E-state index in [1.54, 1.807) is 11.3 Å². The highest BCUT2D eigenvalue weighted by atomic mass is 32.2. The zero-order valence-corrected chi connectivity index (χ0v) is 15.9. The number of anilines is 1. The average Bonchev–Trinajstić information content (AvgIpc) is 3.29. The first-order valence-corrected chi connectivity index (χ1v) is 11.0. The van der Waals surface area contributed by atoms with Gasteiger partial charge < -0.3 is 14.8 Å². The molecular weight excluding hydrogens is 354 g/mol. The minimum absolute atomic E-state index is 0.0899. The molecule has 7 heteroatoms. The number of rotatable bonds is 5. The van der Waals surface area contributed by atoms with E-state index in [2.05, 4.69) is 44.8 Å². The standard InChI is InChI=1S/C18H25N3O2S2/c22-25(23)15-12-14(19-13-15)4-6-20-7-9-21(10-8-20)17-2-1-3-18-16(17)5-11-24-18/h1-3,5,11,14-15,19H,4,6-10,12-13H2,(H,22,23). The SMILES string of the molecule is O=S(O)C1CNC(CCN2CCN(c3cccc4sccc34)CC2)C1. The van der Waals surface area contributed by atoms with Crippen LogP contribution in [-0.2, 0) is 11.1 Å². The number of hydrogen-bond acceptors (Lipinski definition) is 5. The number of nitrogens with zero attached hydrogens (tertiary/aromatic N) is 2. The summed E-state index contributed by atoms with van der Waals surface area (Å²) in [6.07, 6.45) is 1.89. The van der Waals surface area contributed by atoms with Crippen LogP contribution in [0.3, 0.4) is 0 Å². The molecule has 2 aliphatic heterocycles. The van der Waals surface area contributed by atoms with Crippen LogP contribution >= 0.6 is 11.3 Å². The molecule has 3 atom stereocenters. The van der Waals surface area contributed by atoms with Gasteiger partial charge in [-0.15, -0.1) is 11.3 Å². The topological polar surface area (TPSA) is 55.8 Å². The lowest BCUT2D eigenvalue weighted by molar-refractivity contribution is 0.246. The van der Waals surface area contributed by atoms with Gasteiger partial charge in [0.2, 0.25) is 0 Å². The summed E-state index contributed by atoms with van der Waals surface area (Å²) in [5.74, 6) is 0. The summed E-state index contributed by atoms with van der Waals surface area (Å²) in [7, 11) is 0. The molecule has 2 fully saturated rings. The van der Waals surface area contributed by atoms with E-state index in [4.69, 9.17) is 0 Å². The van der Waals surface area contributed by atoms with Gasteiger partial charge in [-0.2, -0.15) is 0 Å². The number of fused-ring (bicyclic) bond motifs is 1. The first-order valence-electron chi connectivity index (χ1n) is 8.97. The third-order valence-electron chi connectivity index (χ3n) is 5.45. The lowest BCUT2D eigenvalue weighted by Gasteiger charge is -2.36. The first-order chi connectivity index (χ1) is 12.2. The summed E-state index contributed by atoms with van der Waals surface area (Å²) in [6.45, 7) is 6.04. The quantitative estimate of drug-likeness (QED) is 0.781. The van der Waals surface area contributed by atoms with Crippen LogP contribution < -0.4 is 10.2 Å². The fourth-order valence-electron chi connectivity index (χ4n) is 3.96. The average molecular weight is 380 g/mol. The predicted octanol–water partition coefficient (Wildman–Crippen LogP) is 2.37. The Morgan fingerprint density at radius 3 is 2.84 bits per heavy atom. The van der Waals surface area contributed by atoms with Crippen molar-refractivity contribution in [3.05, 3.63) is 29.6 Å². The van der Waals surface area contributed by atoms with Gasteiger partial charge in [-0.25, -0.2) is 4.21 Å². The molecule has 2 N–H and O–H groups in total. The Hall–Kier alpha value is -0.990. The van der Waals surface area contributed by atoms with Crippen molar-refractivity contribution in [1.82, 2.24) is 10.2 Å². The monoisotopic (exact) mass is 379 g/mol. The number of benzene rings is 1. The Balaban J connectivity index is 1.28. The summed E-state index contributed by atoms with van der Waals surface area (Å²) < 4.78 is 21.7. The van der Waals surface area contributed by atoms with Crippen molar-refractivity contribution in [3.8, 4) is 0 Å². The smallest absolute Gasteiger partial charge is 0.157 e. The van der Waals surface area contributed by atoms with Crippen molar-refractivity contribution in [3.63, 3.8) is 0 Å². The summed E-state index contributed by atoms with van der Waals surface area (Å²) in [5.41, 5.74) is 1.36. The van der Waals surface area contributed by atoms with Gasteiger partial charge in [0.25, 0.3) is 0 Å². The van der Waals surface area contributed by atoms with Gasteiger partial charge in [0.1, 0.15) is 0 Å². The van der Waals surface area contributed by atoms with Crippen molar-refractivity contribution in [2.45, 2.75) is 24.1 Å². The fourth-order valence-corrected chi connectivity index (χ4v) is 5.40. The van der Waals surface area contributed by atoms with Crippen LogP contribution in [-0.4, -0.2) is 64.2 Å². The minimum Gasteiger partial charge on any atom is -0.368 e. The van der Waals surface area contributed by atoms with Gasteiger partial charge in [0.05, 0.1) is 5.25 Å². The Kier molecular flexibility index (Phi) is 5.38. The third-order valence-corrected chi connectivity index (χ3v) is 7.26. The lowest BCUT2D eigenvalue weighted by atomic mass is 10.1. The van der Waals surface area contributed by atoms with Crippen molar-refractivity contribution in [2.24, 2.45) is 0 Å². The zero-order chi connectivity index (χ0) is 17.2. The van der Waals surface area contributed by atoms with Crippen molar-refractivity contribution < 1.29 is 8.76 Å². The van der Waals surface area contributed by atoms with Gasteiger partial charge in [-0.05, 0) is 43.0 Å². The van der Waals surface area contributed by atoms with E-state index in [1.807, 2.05) is 0 Å². The van der Waals surface area contributed by atoms with Crippen LogP contribution in [0, 0.1) is 0 Å². The number of nitrogens with one attached hydrogen (secondary N) is 1. The second-order valence-electron chi connectivity index (χ2n) is 6.97. The molecule has 3 heterocycles. The highest BCUT2D eigenvalue weighted by molar-refractivity contribution is 7.79. The van der Waals surface area contributed by atoms with Gasteiger partial charge in [0.15, 0.2) is 11.1 Å². The van der Waals surface area contributed by atoms with Crippen LogP contribution in [0.1, 0.15) is 12.8 Å². The Morgan fingerprint density at radius 1 is 1.24 bits per heavy atom. The second kappa shape index (κ2) is 7.72. The number of hydrogen-bond donors (Lipinski definition) is 2. The van der Waals surface area contributed by atoms with Gasteiger partial charge in [0, 0.05) is 54.5 Å². The van der Waals surface area contributed by atoms with Crippen LogP contribution in [0.5, 0.6) is 0 Å². The van der Waals surface area contributed by atoms with Gasteiger partial charge >= 0.3 is 0 Å². The van der Waals surface area contributed by atoms with E-state index >= 15 is 0 Å². The molecule has 4 rings (SSSR count). The maximum atomic E-state index is 11.2. The Labute approximate surface area is 155 Å². The number of piperazine rings is 1. The second-order valence-corrected chi connectivity index (χ2v) is 9.13. The molecule has 136 valence electrons. The molecular formula is C18H25N3O2S2. The Morgan fingerprint density at radius 2 is 2.08 bits per heavy atom. The summed E-state index contributed by atoms with van der Waals surface area (Å²) in [5, 5.41) is 6.85. The van der Waals surface area contributed by atoms with E-state index in [0.29, 0.717) is 12.6 Å². The normalized spacial score (nSPS) is 26.4. The van der Waals surface area contributed by atoms with Crippen LogP contribution in [0.4, 0.5) is 5.69 Å². The molecule has 2 saturated heterocycles. The largest absolute Gasteiger partial charge is 0.368 e. The molecule has 0 bridgehead atoms. The first kappa shape index (κ1) is 17.4. The molecule has 2 aliphatic rings. The molecule has 0 radical (unpaired) electrons. The van der Waals surface area contributed by atoms with E-state index in [0.717, 1.165) is 45.6 Å². The summed E-state index contributed by atoms with van der Waals surface area (Å²) in [6, 6.07) is 9.21. The van der Waals surface area contributed by atoms with Crippen LogP contribution in [0.15, 0.2) is 29.6 Å². The molecule has 25 heavy (non-hydrogen) atoms. The predicted molar refractivity (Wildman–Crippen MR) is 106 cm³/mol. The zero-order valence-electron chi connectivity index (χ0n) is 14.3. The molecule has 0 aliphatic carbocycles. The molecule has 1 aromatic heterocycles. The molecule has 0 saturated carbocycles. The van der Waals surface area contributed by atoms with Gasteiger partial charge in [-0.3, -0.25) is 4.90 Å². The molecule has 2 aromatic rings. The van der Waals surface area contributed by atoms with E-state index in [1.165, 1.54) is 15.8 Å². The van der Waals surface area contributed by atoms with E-state index in [9.17, 15) is 8.76 Å². The third kappa shape index (κ3) is 3.90. The van der Waals surface area contributed by atoms with Crippen LogP contribution in [0.25, 0.3) is 10.1 Å². The molecule has 3 unspecified atom stereocenters. The molecule has 0 spiro atoms. The highest BCUT2D eigenvalue weighted by Gasteiger charge is 2.28. The van der Waals surface area contributed by atoms with Crippen molar-refractivity contribution >= 4 is 38.2 Å². The fraction of sp³-hybridized carbons (Fsp3) is 0.556. The Bertz CT molecular complexity index is 743. The van der Waals surface area contributed by atoms with Crippen molar-refractivity contribution in [1.29, 1.82) is 0 Å². The summed E-state index contributed by atoms with van der Waals surface area (Å²) >= 11 is 0.121. The molecule has 0 amide bonds. The van der Waals surface area contributed by atoms with Crippen LogP contribution in [0.2, 0.25) is 0 Å². The van der Waals surface area contributed by atoms with Gasteiger partial charge in [-0.1, -0.05) is 6.07 Å². The van der Waals surface area contributed by atoms with Crippen molar-refractivity contribution in [2.75, 3.05) is 44.2 Å². The maximum absolute atomic E-state index is 11.2. The molecule has 1 aromatic carbocycles. The maximum Gasteiger partial charge on any atom is 0.157 e. The van der Waals surface area contributed by atoms with E-state index in [-0.39, 0.29) is 5.25 Å². The highest BCUT2D eigenvalue weighted by Crippen LogP contribution is 2.31. The minimum atomic E-state index is -1.69. The lowest BCUT2D eigenvalue weighted by Crippen LogP contribution is -2.47. The summed E-state index contributed by atoms with van der Waals surface area (Å²) in [4.78, 5) is 5.03. The molecule has 5 nitrogen and oxygen atoms in total. The van der Waals surface area contributed by atoms with E-state index < -0.39 is 11.1 Å².